The number of anilines is 1. The smallest absolute Gasteiger partial charge is 0.229 e. The van der Waals surface area contributed by atoms with Crippen molar-refractivity contribution in [3.8, 4) is 0 Å². The second-order valence-corrected chi connectivity index (χ2v) is 7.40. The summed E-state index contributed by atoms with van der Waals surface area (Å²) in [5.74, 6) is -0.798. The highest BCUT2D eigenvalue weighted by atomic mass is 16.2. The Hall–Kier alpha value is -3.81. The van der Waals surface area contributed by atoms with Crippen molar-refractivity contribution in [2.24, 2.45) is 17.2 Å². The Morgan fingerprint density at radius 1 is 0.871 bits per heavy atom. The first-order valence-corrected chi connectivity index (χ1v) is 10.2. The molecule has 162 valence electrons. The lowest BCUT2D eigenvalue weighted by atomic mass is 9.96. The van der Waals surface area contributed by atoms with E-state index in [1.165, 1.54) is 0 Å². The average Bonchev–Trinajstić information content (AvgIpc) is 2.75. The van der Waals surface area contributed by atoms with Crippen molar-refractivity contribution in [1.29, 1.82) is 0 Å². The van der Waals surface area contributed by atoms with Crippen LogP contribution in [0.15, 0.2) is 48.5 Å². The van der Waals surface area contributed by atoms with Gasteiger partial charge in [-0.05, 0) is 18.1 Å². The van der Waals surface area contributed by atoms with Crippen LogP contribution >= 0.6 is 0 Å². The lowest BCUT2D eigenvalue weighted by Crippen LogP contribution is -2.36. The maximum absolute atomic E-state index is 13.1. The molecular weight excluding hydrogens is 394 g/mol. The molecule has 0 unspecified atom stereocenters. The van der Waals surface area contributed by atoms with Gasteiger partial charge in [0, 0.05) is 36.9 Å². The highest BCUT2D eigenvalue weighted by molar-refractivity contribution is 6.01. The van der Waals surface area contributed by atoms with Gasteiger partial charge in [0.1, 0.15) is 0 Å². The van der Waals surface area contributed by atoms with Crippen LogP contribution in [-0.4, -0.2) is 24.3 Å². The molecular formula is C23H27N5O3. The number of hydrogen-bond donors (Lipinski definition) is 4. The molecule has 0 aromatic heterocycles. The molecule has 31 heavy (non-hydrogen) atoms. The summed E-state index contributed by atoms with van der Waals surface area (Å²) in [7, 11) is 0. The first-order valence-electron chi connectivity index (χ1n) is 10.2. The fourth-order valence-electron chi connectivity index (χ4n) is 3.58. The third kappa shape index (κ3) is 5.22. The molecule has 1 heterocycles. The quantitative estimate of drug-likeness (QED) is 0.535. The van der Waals surface area contributed by atoms with Crippen LogP contribution in [0.5, 0.6) is 0 Å². The van der Waals surface area contributed by atoms with Crippen LogP contribution < -0.4 is 27.4 Å². The zero-order valence-corrected chi connectivity index (χ0v) is 17.3. The summed E-state index contributed by atoms with van der Waals surface area (Å²) in [5.41, 5.74) is 21.8. The van der Waals surface area contributed by atoms with E-state index in [1.807, 2.05) is 48.5 Å². The average molecular weight is 422 g/mol. The Labute approximate surface area is 181 Å². The van der Waals surface area contributed by atoms with E-state index in [0.29, 0.717) is 35.6 Å². The maximum atomic E-state index is 13.1. The third-order valence-electron chi connectivity index (χ3n) is 5.20. The molecule has 1 aliphatic heterocycles. The molecule has 3 amide bonds. The second-order valence-electron chi connectivity index (χ2n) is 7.40. The van der Waals surface area contributed by atoms with Gasteiger partial charge in [-0.2, -0.15) is 0 Å². The van der Waals surface area contributed by atoms with E-state index in [-0.39, 0.29) is 37.6 Å². The summed E-state index contributed by atoms with van der Waals surface area (Å²) in [6.45, 7) is 0.536. The number of carbonyl (C=O) groups is 3. The van der Waals surface area contributed by atoms with Crippen LogP contribution in [-0.2, 0) is 20.9 Å². The number of rotatable bonds is 7. The maximum Gasteiger partial charge on any atom is 0.229 e. The molecule has 0 bridgehead atoms. The third-order valence-corrected chi connectivity index (χ3v) is 5.20. The van der Waals surface area contributed by atoms with E-state index in [4.69, 9.17) is 17.2 Å². The Bertz CT molecular complexity index is 1030. The standard InChI is InChI=1S/C23H27N5O3/c24-19(29)10-5-11-20(30)27-13-12-21(31)28-14-15-6-1-2-7-16(15)22(25)23(26)17-8-3-4-9-18(17)28/h1-4,6-9H,5,10-14,25-26H2,(H2,24,29)(H,27,30)/b23-22-. The highest BCUT2D eigenvalue weighted by Gasteiger charge is 2.24. The molecule has 2 aromatic carbocycles. The van der Waals surface area contributed by atoms with Crippen LogP contribution in [0.2, 0.25) is 0 Å². The molecule has 0 aliphatic carbocycles. The highest BCUT2D eigenvalue weighted by Crippen LogP contribution is 2.33. The van der Waals surface area contributed by atoms with Crippen molar-refractivity contribution in [3.63, 3.8) is 0 Å². The van der Waals surface area contributed by atoms with Gasteiger partial charge in [-0.3, -0.25) is 14.4 Å². The zero-order chi connectivity index (χ0) is 22.4. The first-order chi connectivity index (χ1) is 14.9. The first kappa shape index (κ1) is 21.9. The number of para-hydroxylation sites is 1. The Balaban J connectivity index is 1.77. The largest absolute Gasteiger partial charge is 0.397 e. The number of benzene rings is 2. The molecule has 7 N–H and O–H groups in total. The van der Waals surface area contributed by atoms with Crippen LogP contribution in [0.25, 0.3) is 11.4 Å². The number of nitrogens with one attached hydrogen (secondary N) is 1. The number of carbonyl (C=O) groups excluding carboxylic acids is 3. The van der Waals surface area contributed by atoms with E-state index in [1.54, 1.807) is 4.90 Å². The molecule has 3 rings (SSSR count). The van der Waals surface area contributed by atoms with Gasteiger partial charge in [-0.15, -0.1) is 0 Å². The molecule has 1 aliphatic rings. The van der Waals surface area contributed by atoms with Gasteiger partial charge < -0.3 is 27.4 Å². The minimum atomic E-state index is -0.437. The van der Waals surface area contributed by atoms with Gasteiger partial charge in [0.25, 0.3) is 0 Å². The van der Waals surface area contributed by atoms with Gasteiger partial charge in [-0.25, -0.2) is 0 Å². The summed E-state index contributed by atoms with van der Waals surface area (Å²) in [4.78, 5) is 37.5. The molecule has 0 atom stereocenters. The van der Waals surface area contributed by atoms with Crippen LogP contribution in [0.1, 0.15) is 42.4 Å². The molecule has 0 fully saturated rings. The van der Waals surface area contributed by atoms with Gasteiger partial charge >= 0.3 is 0 Å². The number of amides is 3. The van der Waals surface area contributed by atoms with Crippen LogP contribution in [0.4, 0.5) is 5.69 Å². The van der Waals surface area contributed by atoms with E-state index in [2.05, 4.69) is 5.32 Å². The fourth-order valence-corrected chi connectivity index (χ4v) is 3.58. The monoisotopic (exact) mass is 421 g/mol. The van der Waals surface area contributed by atoms with Crippen molar-refractivity contribution in [2.45, 2.75) is 32.2 Å². The molecule has 8 nitrogen and oxygen atoms in total. The lowest BCUT2D eigenvalue weighted by Gasteiger charge is -2.29. The summed E-state index contributed by atoms with van der Waals surface area (Å²) >= 11 is 0. The predicted octanol–water partition coefficient (Wildman–Crippen LogP) is 1.44. The van der Waals surface area contributed by atoms with Crippen molar-refractivity contribution in [3.05, 3.63) is 65.2 Å². The molecule has 0 saturated carbocycles. The fraction of sp³-hybridized carbons (Fsp3) is 0.261. The number of nitrogens with two attached hydrogens (primary N) is 3. The predicted molar refractivity (Wildman–Crippen MR) is 120 cm³/mol. The van der Waals surface area contributed by atoms with E-state index in [9.17, 15) is 14.4 Å². The Morgan fingerprint density at radius 3 is 2.26 bits per heavy atom. The van der Waals surface area contributed by atoms with Crippen LogP contribution in [0, 0.1) is 0 Å². The van der Waals surface area contributed by atoms with Gasteiger partial charge in [0.05, 0.1) is 23.6 Å². The number of primary amides is 1. The van der Waals surface area contributed by atoms with Crippen molar-refractivity contribution in [2.75, 3.05) is 11.4 Å². The van der Waals surface area contributed by atoms with Gasteiger partial charge in [0.15, 0.2) is 0 Å². The second kappa shape index (κ2) is 9.80. The number of nitrogens with zero attached hydrogens (tertiary/aromatic N) is 1. The summed E-state index contributed by atoms with van der Waals surface area (Å²) in [5, 5.41) is 2.72. The van der Waals surface area contributed by atoms with Crippen LogP contribution in [0.3, 0.4) is 0 Å². The van der Waals surface area contributed by atoms with Crippen molar-refractivity contribution < 1.29 is 14.4 Å². The van der Waals surface area contributed by atoms with E-state index >= 15 is 0 Å². The van der Waals surface area contributed by atoms with Gasteiger partial charge in [0.2, 0.25) is 17.7 Å². The summed E-state index contributed by atoms with van der Waals surface area (Å²) < 4.78 is 0. The molecule has 0 spiro atoms. The number of fused-ring (bicyclic) bond motifs is 2. The van der Waals surface area contributed by atoms with E-state index in [0.717, 1.165) is 11.1 Å². The molecule has 0 radical (unpaired) electrons. The van der Waals surface area contributed by atoms with E-state index < -0.39 is 5.91 Å². The summed E-state index contributed by atoms with van der Waals surface area (Å²) in [6.07, 6.45) is 0.863. The SMILES string of the molecule is NC(=O)CCCC(=O)NCCC(=O)N1Cc2ccccc2/C(N)=C(/N)c2ccccc21. The molecule has 8 heteroatoms. The lowest BCUT2D eigenvalue weighted by molar-refractivity contribution is -0.121. The summed E-state index contributed by atoms with van der Waals surface area (Å²) in [6, 6.07) is 15.0. The minimum Gasteiger partial charge on any atom is -0.397 e. The Morgan fingerprint density at radius 2 is 1.52 bits per heavy atom. The topological polar surface area (TPSA) is 145 Å². The van der Waals surface area contributed by atoms with Gasteiger partial charge in [-0.1, -0.05) is 42.5 Å². The normalized spacial score (nSPS) is 15.3. The number of hydrogen-bond acceptors (Lipinski definition) is 5. The zero-order valence-electron chi connectivity index (χ0n) is 17.3. The van der Waals surface area contributed by atoms with Crippen molar-refractivity contribution >= 4 is 34.8 Å². The van der Waals surface area contributed by atoms with Crippen molar-refractivity contribution in [1.82, 2.24) is 5.32 Å². The Kier molecular flexibility index (Phi) is 6.92. The molecule has 0 saturated heterocycles. The minimum absolute atomic E-state index is 0.122. The molecule has 2 aromatic rings.